The highest BCUT2D eigenvalue weighted by Crippen LogP contribution is 2.23. The van der Waals surface area contributed by atoms with Crippen LogP contribution in [-0.2, 0) is 0 Å². The molecule has 0 aliphatic carbocycles. The van der Waals surface area contributed by atoms with Gasteiger partial charge in [0.05, 0.1) is 0 Å². The summed E-state index contributed by atoms with van der Waals surface area (Å²) >= 11 is 0. The number of nitrogens with zero attached hydrogens (tertiary/aromatic N) is 3. The van der Waals surface area contributed by atoms with E-state index in [4.69, 9.17) is 4.52 Å². The number of aryl methyl sites for hydroxylation is 3. The number of carbonyl (C=O) groups excluding carboxylic acids is 1. The van der Waals surface area contributed by atoms with E-state index in [2.05, 4.69) is 25.8 Å². The Kier molecular flexibility index (Phi) is 5.26. The van der Waals surface area contributed by atoms with Crippen LogP contribution >= 0.6 is 0 Å². The van der Waals surface area contributed by atoms with Crippen LogP contribution in [0.15, 0.2) is 65.2 Å². The normalized spacial score (nSPS) is 10.6. The van der Waals surface area contributed by atoms with Crippen LogP contribution in [0.3, 0.4) is 0 Å². The number of aromatic nitrogens is 3. The van der Waals surface area contributed by atoms with E-state index in [0.717, 1.165) is 22.4 Å². The van der Waals surface area contributed by atoms with Crippen LogP contribution < -0.4 is 10.6 Å². The summed E-state index contributed by atoms with van der Waals surface area (Å²) in [5.41, 5.74) is 3.80. The number of nitrogens with one attached hydrogen (secondary N) is 2. The first-order chi connectivity index (χ1) is 14.5. The molecule has 2 N–H and O–H groups in total. The largest absolute Gasteiger partial charge is 0.360 e. The third-order valence-corrected chi connectivity index (χ3v) is 4.59. The highest BCUT2D eigenvalue weighted by Gasteiger charge is 2.16. The second kappa shape index (κ2) is 8.16. The highest BCUT2D eigenvalue weighted by molar-refractivity contribution is 6.04. The lowest BCUT2D eigenvalue weighted by Crippen LogP contribution is -2.16. The molecule has 0 fully saturated rings. The maximum Gasteiger partial charge on any atom is 0.274 e. The first-order valence-corrected chi connectivity index (χ1v) is 9.52. The fourth-order valence-corrected chi connectivity index (χ4v) is 3.09. The minimum absolute atomic E-state index is 0.245. The Labute approximate surface area is 174 Å². The Morgan fingerprint density at radius 2 is 1.60 bits per heavy atom. The zero-order valence-corrected chi connectivity index (χ0v) is 16.9. The third kappa shape index (κ3) is 4.20. The van der Waals surface area contributed by atoms with Gasteiger partial charge in [0, 0.05) is 23.4 Å². The van der Waals surface area contributed by atoms with Gasteiger partial charge in [-0.1, -0.05) is 53.7 Å². The van der Waals surface area contributed by atoms with Gasteiger partial charge in [-0.15, -0.1) is 0 Å². The Bertz CT molecular complexity index is 1180. The SMILES string of the molecule is Cc1cc(Nc2cc(C(=O)Nc3c(C)cccc3C)nc(-c3ccccc3)n2)no1. The third-order valence-electron chi connectivity index (χ3n) is 4.59. The molecular weight excluding hydrogens is 378 g/mol. The standard InChI is InChI=1S/C23H21N5O2/c1-14-8-7-9-15(2)21(14)27-23(29)18-13-19(25-20-12-16(3)30-28-20)26-22(24-18)17-10-5-4-6-11-17/h4-13H,1-3H3,(H,27,29)(H,24,25,26,28). The van der Waals surface area contributed by atoms with Crippen molar-refractivity contribution >= 4 is 23.2 Å². The second-order valence-corrected chi connectivity index (χ2v) is 7.00. The van der Waals surface area contributed by atoms with E-state index >= 15 is 0 Å². The molecule has 0 bridgehead atoms. The van der Waals surface area contributed by atoms with Gasteiger partial charge in [-0.2, -0.15) is 0 Å². The van der Waals surface area contributed by atoms with Gasteiger partial charge in [-0.05, 0) is 31.9 Å². The summed E-state index contributed by atoms with van der Waals surface area (Å²) < 4.78 is 5.10. The number of hydrogen-bond donors (Lipinski definition) is 2. The van der Waals surface area contributed by atoms with Gasteiger partial charge in [0.1, 0.15) is 17.3 Å². The van der Waals surface area contributed by atoms with E-state index in [9.17, 15) is 4.79 Å². The first-order valence-electron chi connectivity index (χ1n) is 9.52. The molecule has 2 heterocycles. The predicted octanol–water partition coefficient (Wildman–Crippen LogP) is 5.05. The Morgan fingerprint density at radius 3 is 2.27 bits per heavy atom. The number of amides is 1. The smallest absolute Gasteiger partial charge is 0.274 e. The van der Waals surface area contributed by atoms with Crippen LogP contribution in [0.1, 0.15) is 27.4 Å². The van der Waals surface area contributed by atoms with Crippen molar-refractivity contribution in [2.24, 2.45) is 0 Å². The van der Waals surface area contributed by atoms with Crippen LogP contribution in [0.5, 0.6) is 0 Å². The molecule has 2 aromatic heterocycles. The summed E-state index contributed by atoms with van der Waals surface area (Å²) in [6, 6.07) is 18.7. The maximum atomic E-state index is 13.0. The Hall–Kier alpha value is -4.00. The fraction of sp³-hybridized carbons (Fsp3) is 0.130. The number of rotatable bonds is 5. The van der Waals surface area contributed by atoms with Gasteiger partial charge in [-0.3, -0.25) is 4.79 Å². The molecule has 0 radical (unpaired) electrons. The monoisotopic (exact) mass is 399 g/mol. The van der Waals surface area contributed by atoms with Gasteiger partial charge < -0.3 is 15.2 Å². The lowest BCUT2D eigenvalue weighted by Gasteiger charge is -2.12. The topological polar surface area (TPSA) is 92.9 Å². The number of benzene rings is 2. The van der Waals surface area contributed by atoms with Crippen molar-refractivity contribution < 1.29 is 9.32 Å². The average Bonchev–Trinajstić information content (AvgIpc) is 3.15. The van der Waals surface area contributed by atoms with Crippen LogP contribution in [0.4, 0.5) is 17.3 Å². The molecule has 0 unspecified atom stereocenters. The molecule has 0 spiro atoms. The summed E-state index contributed by atoms with van der Waals surface area (Å²) in [5.74, 6) is 1.75. The lowest BCUT2D eigenvalue weighted by molar-refractivity contribution is 0.102. The van der Waals surface area contributed by atoms with Gasteiger partial charge in [0.15, 0.2) is 11.6 Å². The van der Waals surface area contributed by atoms with Crippen molar-refractivity contribution in [2.75, 3.05) is 10.6 Å². The molecule has 0 saturated carbocycles. The van der Waals surface area contributed by atoms with Crippen LogP contribution in [0.2, 0.25) is 0 Å². The zero-order valence-electron chi connectivity index (χ0n) is 16.9. The molecule has 2 aromatic carbocycles. The molecule has 7 nitrogen and oxygen atoms in total. The molecule has 150 valence electrons. The van der Waals surface area contributed by atoms with Crippen molar-refractivity contribution in [3.05, 3.63) is 83.2 Å². The van der Waals surface area contributed by atoms with Crippen molar-refractivity contribution in [2.45, 2.75) is 20.8 Å². The lowest BCUT2D eigenvalue weighted by atomic mass is 10.1. The Morgan fingerprint density at radius 1 is 0.867 bits per heavy atom. The van der Waals surface area contributed by atoms with Crippen LogP contribution in [0, 0.1) is 20.8 Å². The first kappa shape index (κ1) is 19.3. The average molecular weight is 399 g/mol. The summed E-state index contributed by atoms with van der Waals surface area (Å²) in [4.78, 5) is 22.1. The molecule has 30 heavy (non-hydrogen) atoms. The number of carbonyl (C=O) groups is 1. The van der Waals surface area contributed by atoms with E-state index < -0.39 is 0 Å². The van der Waals surface area contributed by atoms with Gasteiger partial charge in [0.2, 0.25) is 0 Å². The molecular formula is C23H21N5O2. The van der Waals surface area contributed by atoms with E-state index in [0.29, 0.717) is 23.2 Å². The number of para-hydroxylation sites is 1. The van der Waals surface area contributed by atoms with Crippen LogP contribution in [0.25, 0.3) is 11.4 Å². The molecule has 0 aliphatic rings. The van der Waals surface area contributed by atoms with Gasteiger partial charge >= 0.3 is 0 Å². The van der Waals surface area contributed by atoms with Crippen molar-refractivity contribution in [1.29, 1.82) is 0 Å². The summed E-state index contributed by atoms with van der Waals surface area (Å²) in [6.45, 7) is 5.71. The summed E-state index contributed by atoms with van der Waals surface area (Å²) in [6.07, 6.45) is 0. The predicted molar refractivity (Wildman–Crippen MR) is 116 cm³/mol. The van der Waals surface area contributed by atoms with Crippen molar-refractivity contribution in [3.8, 4) is 11.4 Å². The van der Waals surface area contributed by atoms with E-state index in [1.165, 1.54) is 0 Å². The molecule has 1 amide bonds. The fourth-order valence-electron chi connectivity index (χ4n) is 3.09. The van der Waals surface area contributed by atoms with E-state index in [1.54, 1.807) is 19.1 Å². The number of anilines is 3. The maximum absolute atomic E-state index is 13.0. The van der Waals surface area contributed by atoms with Gasteiger partial charge in [-0.25, -0.2) is 9.97 Å². The summed E-state index contributed by atoms with van der Waals surface area (Å²) in [5, 5.41) is 9.99. The van der Waals surface area contributed by atoms with Crippen LogP contribution in [-0.4, -0.2) is 21.0 Å². The molecule has 4 rings (SSSR count). The summed E-state index contributed by atoms with van der Waals surface area (Å²) in [7, 11) is 0. The minimum Gasteiger partial charge on any atom is -0.360 e. The second-order valence-electron chi connectivity index (χ2n) is 7.00. The number of hydrogen-bond acceptors (Lipinski definition) is 6. The van der Waals surface area contributed by atoms with Gasteiger partial charge in [0.25, 0.3) is 5.91 Å². The van der Waals surface area contributed by atoms with Crippen molar-refractivity contribution in [3.63, 3.8) is 0 Å². The molecule has 0 aliphatic heterocycles. The Balaban J connectivity index is 1.72. The molecule has 0 saturated heterocycles. The van der Waals surface area contributed by atoms with Crippen molar-refractivity contribution in [1.82, 2.24) is 15.1 Å². The minimum atomic E-state index is -0.314. The highest BCUT2D eigenvalue weighted by atomic mass is 16.5. The van der Waals surface area contributed by atoms with E-state index in [-0.39, 0.29) is 11.6 Å². The zero-order chi connectivity index (χ0) is 21.1. The van der Waals surface area contributed by atoms with E-state index in [1.807, 2.05) is 62.4 Å². The molecule has 7 heteroatoms. The quantitative estimate of drug-likeness (QED) is 0.488. The molecule has 0 atom stereocenters. The molecule has 4 aromatic rings.